The second-order valence-corrected chi connectivity index (χ2v) is 5.58. The summed E-state index contributed by atoms with van der Waals surface area (Å²) < 4.78 is 5.61. The number of hydrogen-bond donors (Lipinski definition) is 1. The molecule has 0 aromatic heterocycles. The summed E-state index contributed by atoms with van der Waals surface area (Å²) in [6.07, 6.45) is 0. The number of nitrogens with zero attached hydrogens (tertiary/aromatic N) is 2. The lowest BCUT2D eigenvalue weighted by atomic mass is 10.2. The minimum absolute atomic E-state index is 0.127. The van der Waals surface area contributed by atoms with Crippen molar-refractivity contribution in [3.8, 4) is 5.75 Å². The molecule has 0 spiro atoms. The number of carbonyl (C=O) groups is 1. The van der Waals surface area contributed by atoms with Gasteiger partial charge in [-0.25, -0.2) is 0 Å². The molecule has 1 N–H and O–H groups in total. The Balaban J connectivity index is 1.87. The van der Waals surface area contributed by atoms with Gasteiger partial charge in [0, 0.05) is 12.6 Å². The highest BCUT2D eigenvalue weighted by Gasteiger charge is 2.21. The zero-order valence-corrected chi connectivity index (χ0v) is 14.2. The van der Waals surface area contributed by atoms with E-state index in [-0.39, 0.29) is 17.3 Å². The molecule has 0 radical (unpaired) electrons. The van der Waals surface area contributed by atoms with E-state index in [0.717, 1.165) is 5.75 Å². The molecule has 0 heterocycles. The van der Waals surface area contributed by atoms with Crippen LogP contribution < -0.4 is 10.1 Å². The van der Waals surface area contributed by atoms with Crippen molar-refractivity contribution in [2.75, 3.05) is 25.5 Å². The zero-order chi connectivity index (χ0) is 18.2. The lowest BCUT2D eigenvalue weighted by Gasteiger charge is -2.23. The summed E-state index contributed by atoms with van der Waals surface area (Å²) in [5.74, 6) is 0.462. The summed E-state index contributed by atoms with van der Waals surface area (Å²) in [6, 6.07) is 15.0. The first kappa shape index (κ1) is 18.4. The van der Waals surface area contributed by atoms with Gasteiger partial charge in [0.1, 0.15) is 18.0 Å². The van der Waals surface area contributed by atoms with Crippen LogP contribution in [0, 0.1) is 10.1 Å². The third-order valence-corrected chi connectivity index (χ3v) is 3.86. The highest BCUT2D eigenvalue weighted by Crippen LogP contribution is 2.23. The smallest absolute Gasteiger partial charge is 0.292 e. The Morgan fingerprint density at radius 1 is 1.20 bits per heavy atom. The molecular weight excluding hydrogens is 322 g/mol. The Labute approximate surface area is 146 Å². The molecular formula is C18H21N3O4. The summed E-state index contributed by atoms with van der Waals surface area (Å²) in [5, 5.41) is 13.6. The maximum Gasteiger partial charge on any atom is 0.292 e. The number of benzene rings is 2. The average molecular weight is 343 g/mol. The SMILES string of the molecule is CC(C(=O)Nc1ccccc1[N+](=O)[O-])N(C)CCOc1ccccc1. The van der Waals surface area contributed by atoms with E-state index in [2.05, 4.69) is 5.32 Å². The van der Waals surface area contributed by atoms with Crippen molar-refractivity contribution in [1.29, 1.82) is 0 Å². The third-order valence-electron chi connectivity index (χ3n) is 3.86. The molecule has 2 aromatic rings. The number of likely N-dealkylation sites (N-methyl/N-ethyl adjacent to an activating group) is 1. The fraction of sp³-hybridized carbons (Fsp3) is 0.278. The molecule has 25 heavy (non-hydrogen) atoms. The lowest BCUT2D eigenvalue weighted by molar-refractivity contribution is -0.383. The van der Waals surface area contributed by atoms with Crippen molar-refractivity contribution in [3.63, 3.8) is 0 Å². The molecule has 7 heteroatoms. The second-order valence-electron chi connectivity index (χ2n) is 5.58. The summed E-state index contributed by atoms with van der Waals surface area (Å²) in [7, 11) is 1.80. The minimum Gasteiger partial charge on any atom is -0.492 e. The normalized spacial score (nSPS) is 11.8. The third kappa shape index (κ3) is 5.29. The molecule has 2 aromatic carbocycles. The molecule has 0 saturated heterocycles. The number of amides is 1. The van der Waals surface area contributed by atoms with E-state index in [1.807, 2.05) is 35.2 Å². The van der Waals surface area contributed by atoms with Crippen LogP contribution in [0.5, 0.6) is 5.75 Å². The van der Waals surface area contributed by atoms with Gasteiger partial charge < -0.3 is 10.1 Å². The maximum absolute atomic E-state index is 12.3. The van der Waals surface area contributed by atoms with Gasteiger partial charge in [-0.1, -0.05) is 30.3 Å². The summed E-state index contributed by atoms with van der Waals surface area (Å²) in [6.45, 7) is 2.72. The van der Waals surface area contributed by atoms with Crippen LogP contribution in [0.4, 0.5) is 11.4 Å². The molecule has 0 fully saturated rings. The predicted octanol–water partition coefficient (Wildman–Crippen LogP) is 2.93. The predicted molar refractivity (Wildman–Crippen MR) is 95.8 cm³/mol. The molecule has 0 bridgehead atoms. The summed E-state index contributed by atoms with van der Waals surface area (Å²) in [4.78, 5) is 24.7. The number of para-hydroxylation sites is 3. The van der Waals surface area contributed by atoms with Gasteiger partial charge in [-0.2, -0.15) is 0 Å². The van der Waals surface area contributed by atoms with Crippen LogP contribution in [0.25, 0.3) is 0 Å². The lowest BCUT2D eigenvalue weighted by Crippen LogP contribution is -2.41. The Kier molecular flexibility index (Phi) is 6.47. The zero-order valence-electron chi connectivity index (χ0n) is 14.2. The van der Waals surface area contributed by atoms with Gasteiger partial charge in [0.25, 0.3) is 5.69 Å². The van der Waals surface area contributed by atoms with Crippen LogP contribution in [0.3, 0.4) is 0 Å². The first-order valence-electron chi connectivity index (χ1n) is 7.91. The van der Waals surface area contributed by atoms with Crippen LogP contribution in [0.15, 0.2) is 54.6 Å². The van der Waals surface area contributed by atoms with E-state index in [9.17, 15) is 14.9 Å². The van der Waals surface area contributed by atoms with E-state index in [0.29, 0.717) is 13.2 Å². The van der Waals surface area contributed by atoms with Gasteiger partial charge in [-0.15, -0.1) is 0 Å². The van der Waals surface area contributed by atoms with Gasteiger partial charge in [-0.3, -0.25) is 19.8 Å². The number of nitro groups is 1. The van der Waals surface area contributed by atoms with Crippen molar-refractivity contribution in [2.45, 2.75) is 13.0 Å². The second kappa shape index (κ2) is 8.79. The minimum atomic E-state index is -0.516. The molecule has 132 valence electrons. The number of hydrogen-bond acceptors (Lipinski definition) is 5. The van der Waals surface area contributed by atoms with Crippen molar-refractivity contribution in [3.05, 3.63) is 64.7 Å². The van der Waals surface area contributed by atoms with Gasteiger partial charge >= 0.3 is 0 Å². The number of ether oxygens (including phenoxy) is 1. The Morgan fingerprint density at radius 2 is 1.84 bits per heavy atom. The topological polar surface area (TPSA) is 84.7 Å². The van der Waals surface area contributed by atoms with E-state index in [1.165, 1.54) is 12.1 Å². The van der Waals surface area contributed by atoms with E-state index in [4.69, 9.17) is 4.74 Å². The maximum atomic E-state index is 12.3. The quantitative estimate of drug-likeness (QED) is 0.588. The number of nitrogens with one attached hydrogen (secondary N) is 1. The molecule has 1 amide bonds. The summed E-state index contributed by atoms with van der Waals surface area (Å²) >= 11 is 0. The first-order valence-corrected chi connectivity index (χ1v) is 7.91. The average Bonchev–Trinajstić information content (AvgIpc) is 2.62. The standard InChI is InChI=1S/C18H21N3O4/c1-14(20(2)12-13-25-15-8-4-3-5-9-15)18(22)19-16-10-6-7-11-17(16)21(23)24/h3-11,14H,12-13H2,1-2H3,(H,19,22). The van der Waals surface area contributed by atoms with Gasteiger partial charge in [0.05, 0.1) is 11.0 Å². The number of anilines is 1. The van der Waals surface area contributed by atoms with Gasteiger partial charge in [0.2, 0.25) is 5.91 Å². The van der Waals surface area contributed by atoms with Crippen molar-refractivity contribution in [1.82, 2.24) is 4.90 Å². The van der Waals surface area contributed by atoms with Crippen molar-refractivity contribution >= 4 is 17.3 Å². The van der Waals surface area contributed by atoms with Crippen LogP contribution in [-0.2, 0) is 4.79 Å². The largest absolute Gasteiger partial charge is 0.492 e. The highest BCUT2D eigenvalue weighted by atomic mass is 16.6. The van der Waals surface area contributed by atoms with E-state index >= 15 is 0 Å². The highest BCUT2D eigenvalue weighted by molar-refractivity contribution is 5.96. The number of carbonyl (C=O) groups excluding carboxylic acids is 1. The van der Waals surface area contributed by atoms with Crippen LogP contribution in [-0.4, -0.2) is 42.0 Å². The van der Waals surface area contributed by atoms with Crippen LogP contribution in [0.1, 0.15) is 6.92 Å². The monoisotopic (exact) mass is 343 g/mol. The van der Waals surface area contributed by atoms with E-state index < -0.39 is 11.0 Å². The van der Waals surface area contributed by atoms with Crippen LogP contribution in [0.2, 0.25) is 0 Å². The molecule has 0 aliphatic rings. The Hall–Kier alpha value is -2.93. The number of rotatable bonds is 8. The first-order chi connectivity index (χ1) is 12.0. The van der Waals surface area contributed by atoms with E-state index in [1.54, 1.807) is 26.1 Å². The van der Waals surface area contributed by atoms with Gasteiger partial charge in [0.15, 0.2) is 0 Å². The van der Waals surface area contributed by atoms with Crippen LogP contribution >= 0.6 is 0 Å². The summed E-state index contributed by atoms with van der Waals surface area (Å²) in [5.41, 5.74) is 0.0661. The molecule has 1 unspecified atom stereocenters. The van der Waals surface area contributed by atoms with Crippen molar-refractivity contribution in [2.24, 2.45) is 0 Å². The Morgan fingerprint density at radius 3 is 2.52 bits per heavy atom. The number of nitro benzene ring substituents is 1. The van der Waals surface area contributed by atoms with Gasteiger partial charge in [-0.05, 0) is 32.2 Å². The van der Waals surface area contributed by atoms with Crippen molar-refractivity contribution < 1.29 is 14.5 Å². The molecule has 0 aliphatic heterocycles. The fourth-order valence-electron chi connectivity index (χ4n) is 2.19. The molecule has 7 nitrogen and oxygen atoms in total. The Bertz CT molecular complexity index is 721. The molecule has 2 rings (SSSR count). The molecule has 0 aliphatic carbocycles. The molecule has 1 atom stereocenters. The fourth-order valence-corrected chi connectivity index (χ4v) is 2.19. The molecule has 0 saturated carbocycles.